The average molecular weight is 333 g/mol. The Bertz CT molecular complexity index is 437. The van der Waals surface area contributed by atoms with Crippen molar-refractivity contribution in [2.24, 2.45) is 5.92 Å². The summed E-state index contributed by atoms with van der Waals surface area (Å²) in [6.07, 6.45) is 2.61. The zero-order chi connectivity index (χ0) is 14.2. The first-order valence-electron chi connectivity index (χ1n) is 7.10. The van der Waals surface area contributed by atoms with Crippen molar-refractivity contribution < 1.29 is 9.53 Å². The first kappa shape index (κ1) is 18.1. The minimum Gasteiger partial charge on any atom is -0.491 e. The van der Waals surface area contributed by atoms with Crippen molar-refractivity contribution in [3.63, 3.8) is 0 Å². The average Bonchev–Trinajstić information content (AvgIpc) is 2.94. The third-order valence-electron chi connectivity index (χ3n) is 3.46. The molecule has 1 heterocycles. The fourth-order valence-corrected chi connectivity index (χ4v) is 2.47. The molecule has 0 bridgehead atoms. The summed E-state index contributed by atoms with van der Waals surface area (Å²) in [5.41, 5.74) is 0. The lowest BCUT2D eigenvalue weighted by atomic mass is 10.1. The van der Waals surface area contributed by atoms with Crippen LogP contribution in [0.2, 0.25) is 5.02 Å². The van der Waals surface area contributed by atoms with Crippen molar-refractivity contribution in [1.82, 2.24) is 10.6 Å². The van der Waals surface area contributed by atoms with E-state index >= 15 is 0 Å². The first-order valence-corrected chi connectivity index (χ1v) is 7.48. The molecule has 1 aliphatic heterocycles. The molecule has 1 aromatic carbocycles. The van der Waals surface area contributed by atoms with Gasteiger partial charge in [-0.3, -0.25) is 4.79 Å². The number of nitrogens with one attached hydrogen (secondary N) is 2. The topological polar surface area (TPSA) is 50.4 Å². The maximum absolute atomic E-state index is 11.7. The molecule has 1 unspecified atom stereocenters. The summed E-state index contributed by atoms with van der Waals surface area (Å²) < 4.78 is 5.48. The largest absolute Gasteiger partial charge is 0.491 e. The number of rotatable bonds is 7. The van der Waals surface area contributed by atoms with Gasteiger partial charge in [-0.2, -0.15) is 0 Å². The molecule has 1 amide bonds. The van der Waals surface area contributed by atoms with E-state index in [0.29, 0.717) is 29.7 Å². The van der Waals surface area contributed by atoms with E-state index in [9.17, 15) is 4.79 Å². The van der Waals surface area contributed by atoms with E-state index in [0.717, 1.165) is 26.1 Å². The van der Waals surface area contributed by atoms with E-state index in [-0.39, 0.29) is 18.3 Å². The van der Waals surface area contributed by atoms with E-state index in [2.05, 4.69) is 10.6 Å². The molecule has 2 N–H and O–H groups in total. The highest BCUT2D eigenvalue weighted by Gasteiger charge is 2.14. The van der Waals surface area contributed by atoms with Gasteiger partial charge in [0.1, 0.15) is 5.75 Å². The maximum Gasteiger partial charge on any atom is 0.223 e. The van der Waals surface area contributed by atoms with Gasteiger partial charge in [-0.1, -0.05) is 23.7 Å². The van der Waals surface area contributed by atoms with Crippen LogP contribution in [0.5, 0.6) is 5.75 Å². The minimum absolute atomic E-state index is 0. The van der Waals surface area contributed by atoms with E-state index in [1.54, 1.807) is 12.1 Å². The maximum atomic E-state index is 11.7. The Morgan fingerprint density at radius 3 is 2.95 bits per heavy atom. The predicted molar refractivity (Wildman–Crippen MR) is 87.4 cm³/mol. The molecule has 1 fully saturated rings. The molecule has 0 radical (unpaired) electrons. The van der Waals surface area contributed by atoms with Gasteiger partial charge in [0.2, 0.25) is 5.91 Å². The normalized spacial score (nSPS) is 17.1. The highest BCUT2D eigenvalue weighted by atomic mass is 35.5. The van der Waals surface area contributed by atoms with Gasteiger partial charge in [-0.25, -0.2) is 0 Å². The van der Waals surface area contributed by atoms with Gasteiger partial charge in [0, 0.05) is 6.54 Å². The fraction of sp³-hybridized carbons (Fsp3) is 0.533. The SMILES string of the molecule is Cl.O=C(CCOc1ccccc1Cl)NCCC1CCNC1. The molecule has 6 heteroatoms. The summed E-state index contributed by atoms with van der Waals surface area (Å²) in [4.78, 5) is 11.7. The van der Waals surface area contributed by atoms with Gasteiger partial charge in [0.05, 0.1) is 18.1 Å². The van der Waals surface area contributed by atoms with Gasteiger partial charge < -0.3 is 15.4 Å². The van der Waals surface area contributed by atoms with Crippen molar-refractivity contribution in [3.05, 3.63) is 29.3 Å². The zero-order valence-electron chi connectivity index (χ0n) is 11.9. The number of hydrogen-bond donors (Lipinski definition) is 2. The molecule has 2 rings (SSSR count). The molecule has 1 aliphatic rings. The monoisotopic (exact) mass is 332 g/mol. The van der Waals surface area contributed by atoms with Gasteiger partial charge in [-0.05, 0) is 44.0 Å². The van der Waals surface area contributed by atoms with Crippen LogP contribution in [0.1, 0.15) is 19.3 Å². The molecular formula is C15H22Cl2N2O2. The molecule has 118 valence electrons. The summed E-state index contributed by atoms with van der Waals surface area (Å²) in [6.45, 7) is 3.27. The smallest absolute Gasteiger partial charge is 0.223 e. The van der Waals surface area contributed by atoms with Crippen LogP contribution in [0.15, 0.2) is 24.3 Å². The van der Waals surface area contributed by atoms with E-state index < -0.39 is 0 Å². The van der Waals surface area contributed by atoms with Gasteiger partial charge >= 0.3 is 0 Å². The van der Waals surface area contributed by atoms with Crippen LogP contribution in [0.3, 0.4) is 0 Å². The molecule has 0 spiro atoms. The molecule has 0 aliphatic carbocycles. The second-order valence-corrected chi connectivity index (χ2v) is 5.43. The minimum atomic E-state index is 0. The zero-order valence-corrected chi connectivity index (χ0v) is 13.5. The van der Waals surface area contributed by atoms with Crippen LogP contribution >= 0.6 is 24.0 Å². The number of para-hydroxylation sites is 1. The van der Waals surface area contributed by atoms with E-state index in [4.69, 9.17) is 16.3 Å². The van der Waals surface area contributed by atoms with Crippen molar-refractivity contribution in [1.29, 1.82) is 0 Å². The second kappa shape index (κ2) is 9.87. The molecular weight excluding hydrogens is 311 g/mol. The lowest BCUT2D eigenvalue weighted by Gasteiger charge is -2.10. The van der Waals surface area contributed by atoms with Gasteiger partial charge in [-0.15, -0.1) is 12.4 Å². The Kier molecular flexibility index (Phi) is 8.50. The standard InChI is InChI=1S/C15H21ClN2O2.ClH/c16-13-3-1-2-4-14(13)20-10-7-15(19)18-9-6-12-5-8-17-11-12;/h1-4,12,17H,5-11H2,(H,18,19);1H. The molecule has 0 aromatic heterocycles. The summed E-state index contributed by atoms with van der Waals surface area (Å²) in [5, 5.41) is 6.82. The second-order valence-electron chi connectivity index (χ2n) is 5.03. The first-order chi connectivity index (χ1) is 9.75. The Balaban J connectivity index is 0.00000220. The predicted octanol–water partition coefficient (Wildman–Crippen LogP) is 2.65. The lowest BCUT2D eigenvalue weighted by molar-refractivity contribution is -0.121. The number of halogens is 2. The number of ether oxygens (including phenoxy) is 1. The highest BCUT2D eigenvalue weighted by Crippen LogP contribution is 2.23. The van der Waals surface area contributed by atoms with Crippen LogP contribution < -0.4 is 15.4 Å². The lowest BCUT2D eigenvalue weighted by Crippen LogP contribution is -2.27. The summed E-state index contributed by atoms with van der Waals surface area (Å²) >= 11 is 5.96. The highest BCUT2D eigenvalue weighted by molar-refractivity contribution is 6.32. The van der Waals surface area contributed by atoms with Crippen molar-refractivity contribution in [3.8, 4) is 5.75 Å². The molecule has 21 heavy (non-hydrogen) atoms. The van der Waals surface area contributed by atoms with Crippen LogP contribution in [-0.4, -0.2) is 32.1 Å². The third kappa shape index (κ3) is 6.55. The van der Waals surface area contributed by atoms with Gasteiger partial charge in [0.25, 0.3) is 0 Å². The quantitative estimate of drug-likeness (QED) is 0.807. The van der Waals surface area contributed by atoms with Crippen molar-refractivity contribution in [2.75, 3.05) is 26.2 Å². The molecule has 4 nitrogen and oxygen atoms in total. The Labute approximate surface area is 137 Å². The number of benzene rings is 1. The van der Waals surface area contributed by atoms with Crippen LogP contribution in [0.4, 0.5) is 0 Å². The molecule has 1 atom stereocenters. The fourth-order valence-electron chi connectivity index (χ4n) is 2.28. The van der Waals surface area contributed by atoms with Crippen LogP contribution in [-0.2, 0) is 4.79 Å². The summed E-state index contributed by atoms with van der Waals surface area (Å²) in [6, 6.07) is 7.27. The summed E-state index contributed by atoms with van der Waals surface area (Å²) in [5.74, 6) is 1.36. The van der Waals surface area contributed by atoms with Crippen molar-refractivity contribution in [2.45, 2.75) is 19.3 Å². The third-order valence-corrected chi connectivity index (χ3v) is 3.77. The Morgan fingerprint density at radius 1 is 1.43 bits per heavy atom. The number of hydrogen-bond acceptors (Lipinski definition) is 3. The van der Waals surface area contributed by atoms with E-state index in [1.165, 1.54) is 6.42 Å². The molecule has 1 saturated heterocycles. The molecule has 0 saturated carbocycles. The summed E-state index contributed by atoms with van der Waals surface area (Å²) in [7, 11) is 0. The van der Waals surface area contributed by atoms with Gasteiger partial charge in [0.15, 0.2) is 0 Å². The Hall–Kier alpha value is -0.970. The van der Waals surface area contributed by atoms with Crippen molar-refractivity contribution >= 4 is 29.9 Å². The number of amides is 1. The van der Waals surface area contributed by atoms with Crippen LogP contribution in [0, 0.1) is 5.92 Å². The van der Waals surface area contributed by atoms with Crippen LogP contribution in [0.25, 0.3) is 0 Å². The number of carbonyl (C=O) groups excluding carboxylic acids is 1. The van der Waals surface area contributed by atoms with E-state index in [1.807, 2.05) is 12.1 Å². The Morgan fingerprint density at radius 2 is 2.24 bits per heavy atom. The number of carbonyl (C=O) groups is 1. The molecule has 1 aromatic rings.